The number of benzene rings is 1. The summed E-state index contributed by atoms with van der Waals surface area (Å²) in [5.74, 6) is 0.657. The molecule has 1 saturated heterocycles. The van der Waals surface area contributed by atoms with Crippen LogP contribution in [0.1, 0.15) is 27.2 Å². The highest BCUT2D eigenvalue weighted by molar-refractivity contribution is 6.30. The standard InChI is InChI=1S/C16H20ClNO4/c1-16(2,3)22-15(20)18-9-14(8-12(18)10-19)21-13-6-4-11(17)5-7-13/h4-7,10,12,14H,8-9H2,1-3H3/t12-,14+/m0/s1. The molecule has 1 aliphatic heterocycles. The average molecular weight is 326 g/mol. The Balaban J connectivity index is 2.01. The fourth-order valence-electron chi connectivity index (χ4n) is 2.28. The van der Waals surface area contributed by atoms with Crippen LogP contribution in [0.2, 0.25) is 5.02 Å². The molecule has 0 spiro atoms. The second-order valence-electron chi connectivity index (χ2n) is 6.27. The van der Waals surface area contributed by atoms with Crippen LogP contribution < -0.4 is 4.74 Å². The summed E-state index contributed by atoms with van der Waals surface area (Å²) >= 11 is 5.83. The van der Waals surface area contributed by atoms with Crippen molar-refractivity contribution >= 4 is 24.0 Å². The van der Waals surface area contributed by atoms with Crippen molar-refractivity contribution < 1.29 is 19.1 Å². The number of ether oxygens (including phenoxy) is 2. The maximum absolute atomic E-state index is 12.1. The minimum atomic E-state index is -0.598. The molecule has 0 aliphatic carbocycles. The molecular weight excluding hydrogens is 306 g/mol. The Kier molecular flexibility index (Phi) is 4.96. The van der Waals surface area contributed by atoms with Crippen LogP contribution >= 0.6 is 11.6 Å². The first-order valence-corrected chi connectivity index (χ1v) is 7.53. The summed E-state index contributed by atoms with van der Waals surface area (Å²) < 4.78 is 11.1. The van der Waals surface area contributed by atoms with Crippen LogP contribution in [0.25, 0.3) is 0 Å². The van der Waals surface area contributed by atoms with Crippen LogP contribution in [0, 0.1) is 0 Å². The molecule has 0 bridgehead atoms. The molecule has 0 saturated carbocycles. The number of likely N-dealkylation sites (tertiary alicyclic amines) is 1. The largest absolute Gasteiger partial charge is 0.488 e. The van der Waals surface area contributed by atoms with Crippen molar-refractivity contribution in [1.82, 2.24) is 4.90 Å². The predicted molar refractivity (Wildman–Crippen MR) is 83.3 cm³/mol. The fourth-order valence-corrected chi connectivity index (χ4v) is 2.40. The molecule has 0 unspecified atom stereocenters. The highest BCUT2D eigenvalue weighted by Crippen LogP contribution is 2.25. The fraction of sp³-hybridized carbons (Fsp3) is 0.500. The van der Waals surface area contributed by atoms with Crippen LogP contribution in [-0.4, -0.2) is 41.6 Å². The minimum Gasteiger partial charge on any atom is -0.488 e. The van der Waals surface area contributed by atoms with Gasteiger partial charge in [0.15, 0.2) is 0 Å². The number of rotatable bonds is 3. The Morgan fingerprint density at radius 2 is 1.95 bits per heavy atom. The van der Waals surface area contributed by atoms with E-state index in [1.807, 2.05) is 0 Å². The van der Waals surface area contributed by atoms with Gasteiger partial charge in [-0.15, -0.1) is 0 Å². The number of carbonyl (C=O) groups is 2. The Morgan fingerprint density at radius 3 is 2.50 bits per heavy atom. The lowest BCUT2D eigenvalue weighted by atomic mass is 10.2. The number of aldehydes is 1. The predicted octanol–water partition coefficient (Wildman–Crippen LogP) is 3.30. The molecule has 2 rings (SSSR count). The summed E-state index contributed by atoms with van der Waals surface area (Å²) in [6, 6.07) is 6.46. The molecular formula is C16H20ClNO4. The van der Waals surface area contributed by atoms with E-state index in [4.69, 9.17) is 21.1 Å². The molecule has 1 fully saturated rings. The van der Waals surface area contributed by atoms with E-state index in [9.17, 15) is 9.59 Å². The number of nitrogens with zero attached hydrogens (tertiary/aromatic N) is 1. The minimum absolute atomic E-state index is 0.246. The van der Waals surface area contributed by atoms with E-state index >= 15 is 0 Å². The van der Waals surface area contributed by atoms with Gasteiger partial charge in [-0.25, -0.2) is 4.79 Å². The summed E-state index contributed by atoms with van der Waals surface area (Å²) in [7, 11) is 0. The highest BCUT2D eigenvalue weighted by Gasteiger charge is 2.38. The van der Waals surface area contributed by atoms with Crippen LogP contribution in [0.5, 0.6) is 5.75 Å². The van der Waals surface area contributed by atoms with Gasteiger partial charge in [0.05, 0.1) is 12.6 Å². The first kappa shape index (κ1) is 16.6. The van der Waals surface area contributed by atoms with Crippen molar-refractivity contribution in [2.75, 3.05) is 6.54 Å². The van der Waals surface area contributed by atoms with Crippen molar-refractivity contribution in [3.63, 3.8) is 0 Å². The van der Waals surface area contributed by atoms with Gasteiger partial charge in [-0.05, 0) is 45.0 Å². The normalized spacial score (nSPS) is 21.5. The lowest BCUT2D eigenvalue weighted by Gasteiger charge is -2.26. The summed E-state index contributed by atoms with van der Waals surface area (Å²) in [5, 5.41) is 0.625. The molecule has 0 aromatic heterocycles. The number of carbonyl (C=O) groups excluding carboxylic acids is 2. The third kappa shape index (κ3) is 4.37. The van der Waals surface area contributed by atoms with Crippen molar-refractivity contribution in [3.8, 4) is 5.75 Å². The Labute approximate surface area is 135 Å². The smallest absolute Gasteiger partial charge is 0.411 e. The zero-order chi connectivity index (χ0) is 16.3. The van der Waals surface area contributed by atoms with E-state index in [1.165, 1.54) is 4.90 Å². The maximum Gasteiger partial charge on any atom is 0.411 e. The van der Waals surface area contributed by atoms with Crippen molar-refractivity contribution in [2.45, 2.75) is 44.9 Å². The van der Waals surface area contributed by atoms with Crippen molar-refractivity contribution in [3.05, 3.63) is 29.3 Å². The van der Waals surface area contributed by atoms with Gasteiger partial charge in [0.1, 0.15) is 23.7 Å². The van der Waals surface area contributed by atoms with Crippen LogP contribution in [0.4, 0.5) is 4.79 Å². The molecule has 1 heterocycles. The summed E-state index contributed by atoms with van der Waals surface area (Å²) in [4.78, 5) is 24.8. The molecule has 6 heteroatoms. The van der Waals surface area contributed by atoms with Gasteiger partial charge in [0.25, 0.3) is 0 Å². The SMILES string of the molecule is CC(C)(C)OC(=O)N1C[C@H](Oc2ccc(Cl)cc2)C[C@H]1C=O. The Morgan fingerprint density at radius 1 is 1.32 bits per heavy atom. The summed E-state index contributed by atoms with van der Waals surface area (Å²) in [6.07, 6.45) is 0.469. The zero-order valence-electron chi connectivity index (χ0n) is 12.9. The van der Waals surface area contributed by atoms with Gasteiger partial charge in [0.2, 0.25) is 0 Å². The monoisotopic (exact) mass is 325 g/mol. The van der Waals surface area contributed by atoms with Gasteiger partial charge in [-0.1, -0.05) is 11.6 Å². The first-order valence-electron chi connectivity index (χ1n) is 7.15. The topological polar surface area (TPSA) is 55.8 Å². The number of halogens is 1. The maximum atomic E-state index is 12.1. The van der Waals surface area contributed by atoms with E-state index in [0.29, 0.717) is 23.7 Å². The summed E-state index contributed by atoms with van der Waals surface area (Å²) in [5.41, 5.74) is -0.598. The summed E-state index contributed by atoms with van der Waals surface area (Å²) in [6.45, 7) is 5.69. The first-order chi connectivity index (χ1) is 10.3. The van der Waals surface area contributed by atoms with E-state index in [0.717, 1.165) is 6.29 Å². The Bertz CT molecular complexity index is 538. The molecule has 1 aromatic carbocycles. The number of hydrogen-bond acceptors (Lipinski definition) is 4. The molecule has 1 aromatic rings. The zero-order valence-corrected chi connectivity index (χ0v) is 13.7. The molecule has 1 amide bonds. The lowest BCUT2D eigenvalue weighted by Crippen LogP contribution is -2.41. The second kappa shape index (κ2) is 6.57. The van der Waals surface area contributed by atoms with E-state index in [2.05, 4.69) is 0 Å². The third-order valence-corrected chi connectivity index (χ3v) is 3.46. The third-order valence-electron chi connectivity index (χ3n) is 3.21. The van der Waals surface area contributed by atoms with E-state index in [1.54, 1.807) is 45.0 Å². The van der Waals surface area contributed by atoms with E-state index in [-0.39, 0.29) is 6.10 Å². The van der Waals surface area contributed by atoms with Gasteiger partial charge >= 0.3 is 6.09 Å². The molecule has 0 radical (unpaired) electrons. The quantitative estimate of drug-likeness (QED) is 0.800. The van der Waals surface area contributed by atoms with Crippen molar-refractivity contribution in [2.24, 2.45) is 0 Å². The van der Waals surface area contributed by atoms with E-state index < -0.39 is 17.7 Å². The van der Waals surface area contributed by atoms with Crippen LogP contribution in [-0.2, 0) is 9.53 Å². The van der Waals surface area contributed by atoms with Gasteiger partial charge in [-0.2, -0.15) is 0 Å². The highest BCUT2D eigenvalue weighted by atomic mass is 35.5. The second-order valence-corrected chi connectivity index (χ2v) is 6.70. The molecule has 22 heavy (non-hydrogen) atoms. The molecule has 1 aliphatic rings. The molecule has 0 N–H and O–H groups in total. The van der Waals surface area contributed by atoms with Crippen molar-refractivity contribution in [1.29, 1.82) is 0 Å². The molecule has 5 nitrogen and oxygen atoms in total. The van der Waals surface area contributed by atoms with Gasteiger partial charge in [0, 0.05) is 11.4 Å². The van der Waals surface area contributed by atoms with Gasteiger partial charge in [-0.3, -0.25) is 4.90 Å². The number of amides is 1. The lowest BCUT2D eigenvalue weighted by molar-refractivity contribution is -0.111. The van der Waals surface area contributed by atoms with Gasteiger partial charge < -0.3 is 14.3 Å². The number of hydrogen-bond donors (Lipinski definition) is 0. The molecule has 2 atom stereocenters. The Hall–Kier alpha value is -1.75. The van der Waals surface area contributed by atoms with Crippen LogP contribution in [0.3, 0.4) is 0 Å². The molecule has 120 valence electrons. The van der Waals surface area contributed by atoms with Crippen LogP contribution in [0.15, 0.2) is 24.3 Å². The average Bonchev–Trinajstić information content (AvgIpc) is 2.83.